The molecule has 0 spiro atoms. The van der Waals surface area contributed by atoms with Crippen LogP contribution in [0.25, 0.3) is 0 Å². The summed E-state index contributed by atoms with van der Waals surface area (Å²) in [4.78, 5) is 22.4. The predicted molar refractivity (Wildman–Crippen MR) is 75.1 cm³/mol. The Hall–Kier alpha value is -2.41. The van der Waals surface area contributed by atoms with Crippen LogP contribution in [-0.4, -0.2) is 38.5 Å². The SMILES string of the molecule is O=C(Cc1ccccc1Cl)NCCn1cc(C(=O)O)nn1. The van der Waals surface area contributed by atoms with Crippen molar-refractivity contribution < 1.29 is 14.7 Å². The van der Waals surface area contributed by atoms with Crippen LogP contribution in [0.15, 0.2) is 30.5 Å². The topological polar surface area (TPSA) is 97.1 Å². The first-order chi connectivity index (χ1) is 10.1. The second-order valence-corrected chi connectivity index (χ2v) is 4.70. The van der Waals surface area contributed by atoms with Gasteiger partial charge in [-0.2, -0.15) is 0 Å². The van der Waals surface area contributed by atoms with E-state index in [1.54, 1.807) is 18.2 Å². The van der Waals surface area contributed by atoms with Crippen molar-refractivity contribution in [3.05, 3.63) is 46.7 Å². The zero-order valence-electron chi connectivity index (χ0n) is 11.0. The second kappa shape index (κ2) is 6.85. The first-order valence-corrected chi connectivity index (χ1v) is 6.57. The predicted octanol–water partition coefficient (Wildman–Crippen LogP) is 0.989. The van der Waals surface area contributed by atoms with Crippen molar-refractivity contribution in [1.82, 2.24) is 20.3 Å². The molecule has 0 saturated heterocycles. The number of carboxylic acids is 1. The second-order valence-electron chi connectivity index (χ2n) is 4.29. The maximum Gasteiger partial charge on any atom is 0.358 e. The normalized spacial score (nSPS) is 10.3. The van der Waals surface area contributed by atoms with E-state index in [4.69, 9.17) is 16.7 Å². The van der Waals surface area contributed by atoms with Crippen LogP contribution >= 0.6 is 11.6 Å². The van der Waals surface area contributed by atoms with Gasteiger partial charge in [-0.05, 0) is 11.6 Å². The molecule has 7 nitrogen and oxygen atoms in total. The van der Waals surface area contributed by atoms with Crippen molar-refractivity contribution in [3.63, 3.8) is 0 Å². The molecule has 0 saturated carbocycles. The lowest BCUT2D eigenvalue weighted by Gasteiger charge is -2.06. The summed E-state index contributed by atoms with van der Waals surface area (Å²) in [6.45, 7) is 0.667. The Balaban J connectivity index is 1.79. The third-order valence-electron chi connectivity index (χ3n) is 2.73. The number of halogens is 1. The standard InChI is InChI=1S/C13H13ClN4O3/c14-10-4-2-1-3-9(10)7-12(19)15-5-6-18-8-11(13(20)21)16-17-18/h1-4,8H,5-7H2,(H,15,19)(H,20,21). The molecule has 0 fully saturated rings. The minimum absolute atomic E-state index is 0.127. The quantitative estimate of drug-likeness (QED) is 0.829. The average Bonchev–Trinajstić information content (AvgIpc) is 2.90. The first kappa shape index (κ1) is 15.0. The summed E-state index contributed by atoms with van der Waals surface area (Å²) in [6.07, 6.45) is 1.50. The Morgan fingerprint density at radius 3 is 2.76 bits per heavy atom. The third-order valence-corrected chi connectivity index (χ3v) is 3.10. The Morgan fingerprint density at radius 1 is 1.33 bits per heavy atom. The van der Waals surface area contributed by atoms with E-state index in [-0.39, 0.29) is 18.0 Å². The molecule has 1 aromatic heterocycles. The van der Waals surface area contributed by atoms with Gasteiger partial charge in [0.15, 0.2) is 5.69 Å². The number of carboxylic acid groups (broad SMARTS) is 1. The molecule has 0 unspecified atom stereocenters. The number of aromatic nitrogens is 3. The number of nitrogens with one attached hydrogen (secondary N) is 1. The largest absolute Gasteiger partial charge is 0.476 e. The van der Waals surface area contributed by atoms with Crippen molar-refractivity contribution >= 4 is 23.5 Å². The van der Waals surface area contributed by atoms with Gasteiger partial charge in [-0.25, -0.2) is 9.48 Å². The van der Waals surface area contributed by atoms with Gasteiger partial charge in [-0.15, -0.1) is 5.10 Å². The number of benzene rings is 1. The van der Waals surface area contributed by atoms with E-state index in [1.165, 1.54) is 10.9 Å². The third kappa shape index (κ3) is 4.28. The van der Waals surface area contributed by atoms with E-state index in [1.807, 2.05) is 6.07 Å². The van der Waals surface area contributed by atoms with Gasteiger partial charge in [0.05, 0.1) is 19.2 Å². The molecule has 0 atom stereocenters. The zero-order valence-corrected chi connectivity index (χ0v) is 11.7. The summed E-state index contributed by atoms with van der Waals surface area (Å²) in [5.74, 6) is -1.30. The van der Waals surface area contributed by atoms with Crippen molar-refractivity contribution in [3.8, 4) is 0 Å². The van der Waals surface area contributed by atoms with E-state index < -0.39 is 5.97 Å². The van der Waals surface area contributed by atoms with Crippen molar-refractivity contribution in [2.75, 3.05) is 6.54 Å². The summed E-state index contributed by atoms with van der Waals surface area (Å²) in [5.41, 5.74) is 0.628. The average molecular weight is 309 g/mol. The van der Waals surface area contributed by atoms with E-state index in [9.17, 15) is 9.59 Å². The van der Waals surface area contributed by atoms with Gasteiger partial charge < -0.3 is 10.4 Å². The lowest BCUT2D eigenvalue weighted by atomic mass is 10.1. The molecule has 0 aliphatic heterocycles. The van der Waals surface area contributed by atoms with Crippen LogP contribution in [0, 0.1) is 0 Å². The summed E-state index contributed by atoms with van der Waals surface area (Å²) >= 11 is 5.97. The summed E-state index contributed by atoms with van der Waals surface area (Å²) in [5, 5.41) is 19.1. The Bertz CT molecular complexity index is 656. The molecule has 2 rings (SSSR count). The fourth-order valence-corrected chi connectivity index (χ4v) is 1.90. The number of hydrogen-bond acceptors (Lipinski definition) is 4. The number of carbonyl (C=O) groups excluding carboxylic acids is 1. The highest BCUT2D eigenvalue weighted by Crippen LogP contribution is 2.15. The molecule has 1 heterocycles. The van der Waals surface area contributed by atoms with Gasteiger partial charge in [0, 0.05) is 11.6 Å². The van der Waals surface area contributed by atoms with E-state index >= 15 is 0 Å². The van der Waals surface area contributed by atoms with E-state index in [0.717, 1.165) is 5.56 Å². The molecule has 2 N–H and O–H groups in total. The van der Waals surface area contributed by atoms with Crippen molar-refractivity contribution in [1.29, 1.82) is 0 Å². The van der Waals surface area contributed by atoms with Gasteiger partial charge >= 0.3 is 5.97 Å². The van der Waals surface area contributed by atoms with E-state index in [0.29, 0.717) is 18.1 Å². The van der Waals surface area contributed by atoms with Crippen molar-refractivity contribution in [2.45, 2.75) is 13.0 Å². The maximum absolute atomic E-state index is 11.8. The number of amides is 1. The molecule has 0 bridgehead atoms. The van der Waals surface area contributed by atoms with Crippen molar-refractivity contribution in [2.24, 2.45) is 0 Å². The summed E-state index contributed by atoms with van der Waals surface area (Å²) < 4.78 is 1.36. The molecule has 2 aromatic rings. The fraction of sp³-hybridized carbons (Fsp3) is 0.231. The molecule has 1 aromatic carbocycles. The minimum atomic E-state index is -1.14. The smallest absolute Gasteiger partial charge is 0.358 e. The van der Waals surface area contributed by atoms with Crippen LogP contribution < -0.4 is 5.32 Å². The first-order valence-electron chi connectivity index (χ1n) is 6.20. The Morgan fingerprint density at radius 2 is 2.10 bits per heavy atom. The molecule has 0 aliphatic rings. The molecule has 8 heteroatoms. The van der Waals surface area contributed by atoms with Crippen LogP contribution in [0.3, 0.4) is 0 Å². The summed E-state index contributed by atoms with van der Waals surface area (Å²) in [6, 6.07) is 7.14. The molecule has 0 aliphatic carbocycles. The number of rotatable bonds is 6. The van der Waals surface area contributed by atoms with Gasteiger partial charge in [0.25, 0.3) is 0 Å². The van der Waals surface area contributed by atoms with Gasteiger partial charge in [0.2, 0.25) is 5.91 Å². The number of nitrogens with zero attached hydrogens (tertiary/aromatic N) is 3. The van der Waals surface area contributed by atoms with Crippen LogP contribution in [0.2, 0.25) is 5.02 Å². The van der Waals surface area contributed by atoms with Gasteiger partial charge in [-0.1, -0.05) is 35.0 Å². The minimum Gasteiger partial charge on any atom is -0.476 e. The molecular weight excluding hydrogens is 296 g/mol. The highest BCUT2D eigenvalue weighted by molar-refractivity contribution is 6.31. The zero-order chi connectivity index (χ0) is 15.2. The van der Waals surface area contributed by atoms with Crippen LogP contribution in [0.1, 0.15) is 16.1 Å². The Kier molecular flexibility index (Phi) is 4.89. The fourth-order valence-electron chi connectivity index (χ4n) is 1.69. The van der Waals surface area contributed by atoms with Crippen LogP contribution in [-0.2, 0) is 17.8 Å². The monoisotopic (exact) mass is 308 g/mol. The van der Waals surface area contributed by atoms with Crippen LogP contribution in [0.5, 0.6) is 0 Å². The highest BCUT2D eigenvalue weighted by Gasteiger charge is 2.09. The molecule has 21 heavy (non-hydrogen) atoms. The van der Waals surface area contributed by atoms with Crippen LogP contribution in [0.4, 0.5) is 0 Å². The Labute approximate surface area is 125 Å². The molecular formula is C13H13ClN4O3. The lowest BCUT2D eigenvalue weighted by Crippen LogP contribution is -2.28. The number of aromatic carboxylic acids is 1. The number of carbonyl (C=O) groups is 2. The lowest BCUT2D eigenvalue weighted by molar-refractivity contribution is -0.120. The molecule has 110 valence electrons. The highest BCUT2D eigenvalue weighted by atomic mass is 35.5. The van der Waals surface area contributed by atoms with Gasteiger partial charge in [-0.3, -0.25) is 4.79 Å². The molecule has 1 amide bonds. The van der Waals surface area contributed by atoms with E-state index in [2.05, 4.69) is 15.6 Å². The maximum atomic E-state index is 11.8. The number of hydrogen-bond donors (Lipinski definition) is 2. The van der Waals surface area contributed by atoms with Gasteiger partial charge in [0.1, 0.15) is 0 Å². The summed E-state index contributed by atoms with van der Waals surface area (Å²) in [7, 11) is 0. The molecule has 0 radical (unpaired) electrons.